The zero-order valence-corrected chi connectivity index (χ0v) is 20.2. The minimum Gasteiger partial charge on any atom is -0.492 e. The fourth-order valence-corrected chi connectivity index (χ4v) is 5.98. The molecular formula is C23H25N3O9S. The molecule has 0 atom stereocenters. The van der Waals surface area contributed by atoms with Gasteiger partial charge in [-0.05, 0) is 49.2 Å². The number of hydrogen-bond acceptors (Lipinski definition) is 10. The summed E-state index contributed by atoms with van der Waals surface area (Å²) in [5.41, 5.74) is 1.76. The van der Waals surface area contributed by atoms with Crippen molar-refractivity contribution in [3.8, 4) is 11.5 Å². The molecule has 1 saturated heterocycles. The van der Waals surface area contributed by atoms with Gasteiger partial charge in [-0.25, -0.2) is 18.9 Å². The fourth-order valence-electron chi connectivity index (χ4n) is 4.04. The number of hydrogen-bond donors (Lipinski definition) is 3. The van der Waals surface area contributed by atoms with Crippen molar-refractivity contribution in [2.75, 3.05) is 33.5 Å². The minimum atomic E-state index is -4.13. The van der Waals surface area contributed by atoms with E-state index >= 15 is 0 Å². The van der Waals surface area contributed by atoms with E-state index in [0.29, 0.717) is 11.1 Å². The Kier molecular flexibility index (Phi) is 7.43. The van der Waals surface area contributed by atoms with Gasteiger partial charge in [0.25, 0.3) is 11.8 Å². The fraction of sp³-hybridized carbons (Fsp3) is 0.348. The summed E-state index contributed by atoms with van der Waals surface area (Å²) in [5.74, 6) is -0.848. The highest BCUT2D eigenvalue weighted by Gasteiger charge is 2.52. The lowest BCUT2D eigenvalue weighted by Crippen LogP contribution is -2.54. The van der Waals surface area contributed by atoms with Crippen LogP contribution in [0.2, 0.25) is 0 Å². The number of amides is 2. The lowest BCUT2D eigenvalue weighted by Gasteiger charge is -2.34. The summed E-state index contributed by atoms with van der Waals surface area (Å²) in [4.78, 5) is 28.8. The summed E-state index contributed by atoms with van der Waals surface area (Å²) in [7, 11) is -2.70. The van der Waals surface area contributed by atoms with Crippen LogP contribution in [0.3, 0.4) is 0 Å². The van der Waals surface area contributed by atoms with Crippen LogP contribution in [0, 0.1) is 0 Å². The van der Waals surface area contributed by atoms with Gasteiger partial charge in [0.2, 0.25) is 11.5 Å². The Morgan fingerprint density at radius 1 is 1.17 bits per heavy atom. The predicted molar refractivity (Wildman–Crippen MR) is 125 cm³/mol. The van der Waals surface area contributed by atoms with Crippen molar-refractivity contribution in [2.24, 2.45) is 0 Å². The summed E-state index contributed by atoms with van der Waals surface area (Å²) in [6, 6.07) is 9.00. The number of nitrogens with zero attached hydrogens (tertiary/aromatic N) is 1. The molecule has 1 aliphatic rings. The zero-order chi connectivity index (χ0) is 25.8. The number of aromatic nitrogens is 1. The molecular weight excluding hydrogens is 494 g/mol. The van der Waals surface area contributed by atoms with E-state index < -0.39 is 26.4 Å². The summed E-state index contributed by atoms with van der Waals surface area (Å²) in [5, 5.41) is 12.4. The van der Waals surface area contributed by atoms with Gasteiger partial charge in [-0.15, -0.1) is 0 Å². The zero-order valence-electron chi connectivity index (χ0n) is 19.4. The number of ether oxygens (including phenoxy) is 3. The second kappa shape index (κ2) is 10.5. The van der Waals surface area contributed by atoms with Crippen molar-refractivity contribution >= 4 is 32.8 Å². The number of sulfone groups is 1. The number of methoxy groups -OCH3 is 1. The van der Waals surface area contributed by atoms with Crippen LogP contribution in [0.25, 0.3) is 11.1 Å². The van der Waals surface area contributed by atoms with Gasteiger partial charge >= 0.3 is 0 Å². The summed E-state index contributed by atoms with van der Waals surface area (Å²) in [6.45, 7) is 0.380. The predicted octanol–water partition coefficient (Wildman–Crippen LogP) is 1.47. The number of hydroxylamine groups is 1. The van der Waals surface area contributed by atoms with E-state index in [-0.39, 0.29) is 61.3 Å². The molecule has 36 heavy (non-hydrogen) atoms. The molecule has 0 spiro atoms. The quantitative estimate of drug-likeness (QED) is 0.214. The Labute approximate surface area is 206 Å². The monoisotopic (exact) mass is 519 g/mol. The first-order valence-electron chi connectivity index (χ1n) is 11.0. The van der Waals surface area contributed by atoms with Gasteiger partial charge in [0.05, 0.1) is 23.9 Å². The molecule has 3 N–H and O–H groups in total. The highest BCUT2D eigenvalue weighted by atomic mass is 32.2. The second-order valence-corrected chi connectivity index (χ2v) is 10.2. The van der Waals surface area contributed by atoms with E-state index in [2.05, 4.69) is 10.3 Å². The third kappa shape index (κ3) is 4.59. The van der Waals surface area contributed by atoms with Crippen LogP contribution >= 0.6 is 0 Å². The third-order valence-electron chi connectivity index (χ3n) is 5.95. The molecule has 12 nitrogen and oxygen atoms in total. The third-order valence-corrected chi connectivity index (χ3v) is 8.47. The average molecular weight is 520 g/mol. The molecule has 13 heteroatoms. The maximum atomic E-state index is 13.3. The van der Waals surface area contributed by atoms with Crippen LogP contribution in [0.4, 0.5) is 0 Å². The number of fused-ring (bicyclic) bond motifs is 1. The van der Waals surface area contributed by atoms with Crippen molar-refractivity contribution in [3.63, 3.8) is 0 Å². The van der Waals surface area contributed by atoms with E-state index in [1.54, 1.807) is 18.3 Å². The summed E-state index contributed by atoms with van der Waals surface area (Å²) < 4.78 is 46.3. The van der Waals surface area contributed by atoms with Crippen molar-refractivity contribution in [1.82, 2.24) is 15.8 Å². The SMILES string of the molecule is COc1c(C(=O)NCCOc2ccc(S(=O)(=O)C3(C(=O)NO)CCOCC3)cc2)oc2ncccc12. The standard InChI is InChI=1S/C23H25N3O9S/c1-32-18-17-3-2-10-25-21(17)35-19(18)20(27)24-11-14-34-15-4-6-16(7-5-15)36(30,31)23(22(28)26-29)8-12-33-13-9-23/h2-7,10,29H,8-9,11-14H2,1H3,(H,24,27)(H,26,28). The molecule has 0 unspecified atom stereocenters. The van der Waals surface area contributed by atoms with Crippen LogP contribution in [-0.2, 0) is 19.4 Å². The van der Waals surface area contributed by atoms with Crippen LogP contribution in [0.5, 0.6) is 11.5 Å². The number of carbonyl (C=O) groups is 2. The molecule has 0 aliphatic carbocycles. The lowest BCUT2D eigenvalue weighted by molar-refractivity contribution is -0.134. The highest BCUT2D eigenvalue weighted by Crippen LogP contribution is 2.36. The Bertz CT molecular complexity index is 1350. The maximum absolute atomic E-state index is 13.3. The number of furan rings is 1. The molecule has 0 bridgehead atoms. The van der Waals surface area contributed by atoms with Gasteiger partial charge < -0.3 is 23.9 Å². The Morgan fingerprint density at radius 3 is 2.56 bits per heavy atom. The van der Waals surface area contributed by atoms with Gasteiger partial charge in [-0.1, -0.05) is 0 Å². The van der Waals surface area contributed by atoms with Gasteiger partial charge in [0, 0.05) is 19.4 Å². The second-order valence-electron chi connectivity index (χ2n) is 7.95. The molecule has 0 saturated carbocycles. The molecule has 192 valence electrons. The minimum absolute atomic E-state index is 0.00489. The molecule has 0 radical (unpaired) electrons. The number of pyridine rings is 1. The first kappa shape index (κ1) is 25.4. The Morgan fingerprint density at radius 2 is 1.89 bits per heavy atom. The number of nitrogens with one attached hydrogen (secondary N) is 2. The summed E-state index contributed by atoms with van der Waals surface area (Å²) >= 11 is 0. The van der Waals surface area contributed by atoms with Crippen molar-refractivity contribution in [3.05, 3.63) is 48.4 Å². The first-order valence-corrected chi connectivity index (χ1v) is 12.5. The smallest absolute Gasteiger partial charge is 0.291 e. The van der Waals surface area contributed by atoms with Crippen molar-refractivity contribution < 1.29 is 41.8 Å². The topological polar surface area (TPSA) is 166 Å². The maximum Gasteiger partial charge on any atom is 0.291 e. The van der Waals surface area contributed by atoms with Crippen LogP contribution in [0.15, 0.2) is 51.9 Å². The number of rotatable bonds is 9. The van der Waals surface area contributed by atoms with Gasteiger partial charge in [-0.2, -0.15) is 0 Å². The van der Waals surface area contributed by atoms with Gasteiger partial charge in [0.1, 0.15) is 12.4 Å². The number of benzene rings is 1. The normalized spacial score (nSPS) is 15.3. The lowest BCUT2D eigenvalue weighted by atomic mass is 9.98. The molecule has 1 fully saturated rings. The van der Waals surface area contributed by atoms with E-state index in [0.717, 1.165) is 0 Å². The molecule has 3 heterocycles. The largest absolute Gasteiger partial charge is 0.492 e. The molecule has 4 rings (SSSR count). The molecule has 2 aromatic heterocycles. The van der Waals surface area contributed by atoms with Crippen LogP contribution in [-0.4, -0.2) is 68.6 Å². The van der Waals surface area contributed by atoms with Crippen molar-refractivity contribution in [1.29, 1.82) is 0 Å². The van der Waals surface area contributed by atoms with E-state index in [1.807, 2.05) is 0 Å². The van der Waals surface area contributed by atoms with E-state index in [9.17, 15) is 18.0 Å². The molecule has 1 aliphatic heterocycles. The average Bonchev–Trinajstić information content (AvgIpc) is 3.30. The molecule has 1 aromatic carbocycles. The van der Waals surface area contributed by atoms with Crippen LogP contribution in [0.1, 0.15) is 23.4 Å². The summed E-state index contributed by atoms with van der Waals surface area (Å²) in [6.07, 6.45) is 1.39. The number of carbonyl (C=O) groups excluding carboxylic acids is 2. The van der Waals surface area contributed by atoms with E-state index in [4.69, 9.17) is 23.8 Å². The van der Waals surface area contributed by atoms with Crippen molar-refractivity contribution in [2.45, 2.75) is 22.5 Å². The molecule has 3 aromatic rings. The first-order chi connectivity index (χ1) is 17.3. The van der Waals surface area contributed by atoms with Crippen LogP contribution < -0.4 is 20.3 Å². The highest BCUT2D eigenvalue weighted by molar-refractivity contribution is 7.93. The van der Waals surface area contributed by atoms with Gasteiger partial charge in [0.15, 0.2) is 20.3 Å². The Balaban J connectivity index is 1.37. The Hall–Kier alpha value is -3.68. The van der Waals surface area contributed by atoms with Gasteiger partial charge in [-0.3, -0.25) is 14.8 Å². The van der Waals surface area contributed by atoms with E-state index in [1.165, 1.54) is 36.9 Å². The molecule has 2 amide bonds.